The van der Waals surface area contributed by atoms with Gasteiger partial charge in [0.2, 0.25) is 0 Å². The molecule has 1 fully saturated rings. The Morgan fingerprint density at radius 2 is 2.00 bits per heavy atom. The van der Waals surface area contributed by atoms with Gasteiger partial charge < -0.3 is 14.6 Å². The van der Waals surface area contributed by atoms with E-state index in [1.165, 1.54) is 4.90 Å². The van der Waals surface area contributed by atoms with Crippen LogP contribution in [0.2, 0.25) is 0 Å². The van der Waals surface area contributed by atoms with E-state index in [4.69, 9.17) is 9.47 Å². The second-order valence-corrected chi connectivity index (χ2v) is 7.80. The van der Waals surface area contributed by atoms with Crippen LogP contribution in [0.4, 0.5) is 5.69 Å². The largest absolute Gasteiger partial charge is 0.507 e. The number of ketones is 1. The Morgan fingerprint density at radius 1 is 1.18 bits per heavy atom. The maximum absolute atomic E-state index is 13.2. The summed E-state index contributed by atoms with van der Waals surface area (Å²) >= 11 is 0. The van der Waals surface area contributed by atoms with Crippen LogP contribution >= 0.6 is 0 Å². The number of aromatic nitrogens is 1. The van der Waals surface area contributed by atoms with Crippen molar-refractivity contribution in [2.45, 2.75) is 19.4 Å². The first-order valence-corrected chi connectivity index (χ1v) is 10.8. The van der Waals surface area contributed by atoms with Crippen molar-refractivity contribution in [3.8, 4) is 11.5 Å². The number of benzene rings is 2. The van der Waals surface area contributed by atoms with Crippen LogP contribution in [-0.4, -0.2) is 35.0 Å². The van der Waals surface area contributed by atoms with E-state index < -0.39 is 17.7 Å². The Labute approximate surface area is 190 Å². The molecule has 5 rings (SSSR count). The number of carbonyl (C=O) groups excluding carboxylic acids is 2. The van der Waals surface area contributed by atoms with Crippen LogP contribution in [0.25, 0.3) is 5.76 Å². The number of hydrogen-bond acceptors (Lipinski definition) is 6. The number of anilines is 1. The van der Waals surface area contributed by atoms with Crippen LogP contribution in [-0.2, 0) is 16.0 Å². The lowest BCUT2D eigenvalue weighted by atomic mass is 9.95. The van der Waals surface area contributed by atoms with Gasteiger partial charge in [0.15, 0.2) is 0 Å². The van der Waals surface area contributed by atoms with Gasteiger partial charge in [-0.15, -0.1) is 0 Å². The molecule has 166 valence electrons. The van der Waals surface area contributed by atoms with Gasteiger partial charge >= 0.3 is 0 Å². The minimum atomic E-state index is -0.818. The highest BCUT2D eigenvalue weighted by Gasteiger charge is 2.47. The van der Waals surface area contributed by atoms with Crippen LogP contribution in [0.15, 0.2) is 72.6 Å². The molecule has 2 aliphatic heterocycles. The average Bonchev–Trinajstić information content (AvgIpc) is 3.42. The van der Waals surface area contributed by atoms with Crippen molar-refractivity contribution in [1.29, 1.82) is 0 Å². The predicted molar refractivity (Wildman–Crippen MR) is 122 cm³/mol. The Balaban J connectivity index is 1.65. The van der Waals surface area contributed by atoms with E-state index in [1.807, 2.05) is 13.0 Å². The fourth-order valence-electron chi connectivity index (χ4n) is 4.31. The normalized spacial score (nSPS) is 18.8. The van der Waals surface area contributed by atoms with Gasteiger partial charge in [-0.2, -0.15) is 0 Å². The highest BCUT2D eigenvalue weighted by Crippen LogP contribution is 2.42. The molecule has 1 unspecified atom stereocenters. The summed E-state index contributed by atoms with van der Waals surface area (Å²) < 4.78 is 11.0. The second kappa shape index (κ2) is 8.43. The fourth-order valence-corrected chi connectivity index (χ4v) is 4.31. The summed E-state index contributed by atoms with van der Waals surface area (Å²) in [5.74, 6) is -0.238. The molecular formula is C26H22N2O5. The van der Waals surface area contributed by atoms with Gasteiger partial charge in [0, 0.05) is 30.1 Å². The first kappa shape index (κ1) is 20.8. The molecule has 2 aliphatic rings. The number of rotatable bonds is 5. The van der Waals surface area contributed by atoms with Crippen molar-refractivity contribution in [3.63, 3.8) is 0 Å². The molecule has 3 heterocycles. The molecule has 7 nitrogen and oxygen atoms in total. The van der Waals surface area contributed by atoms with Crippen LogP contribution in [0.3, 0.4) is 0 Å². The smallest absolute Gasteiger partial charge is 0.300 e. The van der Waals surface area contributed by atoms with Crippen molar-refractivity contribution >= 4 is 23.1 Å². The first-order valence-electron chi connectivity index (χ1n) is 10.8. The van der Waals surface area contributed by atoms with Crippen molar-refractivity contribution in [1.82, 2.24) is 4.98 Å². The number of nitrogens with zero attached hydrogens (tertiary/aromatic N) is 2. The number of aliphatic hydroxyl groups excluding tert-OH is 1. The molecule has 0 saturated carbocycles. The Kier molecular flexibility index (Phi) is 5.30. The first-order chi connectivity index (χ1) is 16.1. The topological polar surface area (TPSA) is 89.0 Å². The molecule has 33 heavy (non-hydrogen) atoms. The molecule has 2 aromatic carbocycles. The summed E-state index contributed by atoms with van der Waals surface area (Å²) in [5.41, 5.74) is 2.60. The third kappa shape index (κ3) is 3.61. The molecule has 3 aromatic rings. The lowest BCUT2D eigenvalue weighted by Gasteiger charge is -2.25. The molecule has 1 aromatic heterocycles. The van der Waals surface area contributed by atoms with Crippen molar-refractivity contribution in [2.24, 2.45) is 0 Å². The Bertz CT molecular complexity index is 1250. The number of Topliss-reactive ketones (excluding diaryl/α,β-unsaturated/α-hetero) is 1. The Morgan fingerprint density at radius 3 is 2.73 bits per heavy atom. The zero-order valence-corrected chi connectivity index (χ0v) is 18.0. The quantitative estimate of drug-likeness (QED) is 0.364. The Hall–Kier alpha value is -4.13. The number of amides is 1. The van der Waals surface area contributed by atoms with Crippen LogP contribution in [0, 0.1) is 0 Å². The third-order valence-corrected chi connectivity index (χ3v) is 5.83. The SMILES string of the molecule is CCOc1ccc(N2C(=O)C(=O)/C(=C(\O)c3ccc4c(c3)CCO4)C2c2cccnc2)cc1. The molecule has 1 N–H and O–H groups in total. The standard InChI is InChI=1S/C26H22N2O5/c1-2-32-20-8-6-19(7-9-20)28-23(18-4-3-12-27-15-18)22(25(30)26(28)31)24(29)17-5-10-21-16(14-17)11-13-33-21/h3-10,12,14-15,23,29H,2,11,13H2,1H3/b24-22-. The predicted octanol–water partition coefficient (Wildman–Crippen LogP) is 4.04. The molecule has 7 heteroatoms. The lowest BCUT2D eigenvalue weighted by Crippen LogP contribution is -2.29. The van der Waals surface area contributed by atoms with E-state index in [2.05, 4.69) is 4.98 Å². The van der Waals surface area contributed by atoms with Gasteiger partial charge in [-0.1, -0.05) is 6.07 Å². The number of aliphatic hydroxyl groups is 1. The molecule has 0 aliphatic carbocycles. The molecule has 1 atom stereocenters. The number of pyridine rings is 1. The van der Waals surface area contributed by atoms with Gasteiger partial charge in [0.05, 0.1) is 24.8 Å². The van der Waals surface area contributed by atoms with Crippen LogP contribution in [0.5, 0.6) is 11.5 Å². The molecule has 0 bridgehead atoms. The summed E-state index contributed by atoms with van der Waals surface area (Å²) in [6, 6.07) is 14.9. The van der Waals surface area contributed by atoms with Crippen LogP contribution in [0.1, 0.15) is 29.7 Å². The monoisotopic (exact) mass is 442 g/mol. The van der Waals surface area contributed by atoms with E-state index >= 15 is 0 Å². The van der Waals surface area contributed by atoms with Crippen LogP contribution < -0.4 is 14.4 Å². The summed E-state index contributed by atoms with van der Waals surface area (Å²) in [5, 5.41) is 11.2. The molecule has 0 radical (unpaired) electrons. The highest BCUT2D eigenvalue weighted by molar-refractivity contribution is 6.51. The molecule has 0 spiro atoms. The van der Waals surface area contributed by atoms with E-state index in [9.17, 15) is 14.7 Å². The van der Waals surface area contributed by atoms with Gasteiger partial charge in [-0.25, -0.2) is 0 Å². The second-order valence-electron chi connectivity index (χ2n) is 7.80. The molecule has 1 saturated heterocycles. The maximum Gasteiger partial charge on any atom is 0.300 e. The minimum absolute atomic E-state index is 0.0285. The van der Waals surface area contributed by atoms with Gasteiger partial charge in [-0.3, -0.25) is 19.5 Å². The summed E-state index contributed by atoms with van der Waals surface area (Å²) in [7, 11) is 0. The highest BCUT2D eigenvalue weighted by atomic mass is 16.5. The fraction of sp³-hybridized carbons (Fsp3) is 0.192. The van der Waals surface area contributed by atoms with Crippen molar-refractivity contribution in [2.75, 3.05) is 18.1 Å². The summed E-state index contributed by atoms with van der Waals surface area (Å²) in [4.78, 5) is 32.0. The third-order valence-electron chi connectivity index (χ3n) is 5.83. The molecular weight excluding hydrogens is 420 g/mol. The number of fused-ring (bicyclic) bond motifs is 1. The van der Waals surface area contributed by atoms with Gasteiger partial charge in [0.1, 0.15) is 17.3 Å². The minimum Gasteiger partial charge on any atom is -0.507 e. The van der Waals surface area contributed by atoms with E-state index in [0.29, 0.717) is 35.8 Å². The zero-order chi connectivity index (χ0) is 22.9. The number of carbonyl (C=O) groups is 2. The van der Waals surface area contributed by atoms with Crippen molar-refractivity contribution in [3.05, 3.63) is 89.3 Å². The zero-order valence-electron chi connectivity index (χ0n) is 18.0. The maximum atomic E-state index is 13.2. The van der Waals surface area contributed by atoms with Gasteiger partial charge in [-0.05, 0) is 66.6 Å². The summed E-state index contributed by atoms with van der Waals surface area (Å²) in [6.45, 7) is 2.99. The number of hydrogen-bond donors (Lipinski definition) is 1. The van der Waals surface area contributed by atoms with Gasteiger partial charge in [0.25, 0.3) is 11.7 Å². The average molecular weight is 442 g/mol. The van der Waals surface area contributed by atoms with E-state index in [-0.39, 0.29) is 11.3 Å². The van der Waals surface area contributed by atoms with Crippen molar-refractivity contribution < 1.29 is 24.2 Å². The number of ether oxygens (including phenoxy) is 2. The lowest BCUT2D eigenvalue weighted by molar-refractivity contribution is -0.132. The van der Waals surface area contributed by atoms with E-state index in [0.717, 1.165) is 17.7 Å². The van der Waals surface area contributed by atoms with E-state index in [1.54, 1.807) is 60.9 Å². The molecule has 1 amide bonds. The summed E-state index contributed by atoms with van der Waals surface area (Å²) in [6.07, 6.45) is 3.94.